The van der Waals surface area contributed by atoms with E-state index in [-0.39, 0.29) is 0 Å². The van der Waals surface area contributed by atoms with Gasteiger partial charge in [0.25, 0.3) is 0 Å². The molecule has 0 bridgehead atoms. The van der Waals surface area contributed by atoms with Crippen LogP contribution in [0.4, 0.5) is 0 Å². The van der Waals surface area contributed by atoms with Crippen LogP contribution >= 0.6 is 0 Å². The molecular weight excluding hydrogens is 380 g/mol. The monoisotopic (exact) mass is 410 g/mol. The number of piperidine rings is 1. The average Bonchev–Trinajstić information content (AvgIpc) is 3.24. The Morgan fingerprint density at radius 1 is 0.806 bits per heavy atom. The maximum absolute atomic E-state index is 9.74. The van der Waals surface area contributed by atoms with Crippen molar-refractivity contribution in [3.63, 3.8) is 0 Å². The van der Waals surface area contributed by atoms with Crippen LogP contribution < -0.4 is 0 Å². The van der Waals surface area contributed by atoms with Gasteiger partial charge in [-0.3, -0.25) is 0 Å². The van der Waals surface area contributed by atoms with Crippen molar-refractivity contribution in [2.75, 3.05) is 19.6 Å². The van der Waals surface area contributed by atoms with Gasteiger partial charge >= 0.3 is 0 Å². The van der Waals surface area contributed by atoms with Gasteiger partial charge in [-0.05, 0) is 61.2 Å². The summed E-state index contributed by atoms with van der Waals surface area (Å²) in [7, 11) is 0. The normalized spacial score (nSPS) is 15.6. The number of phenolic OH excluding ortho intramolecular Hbond substituents is 1. The lowest BCUT2D eigenvalue weighted by Gasteiger charge is -2.34. The summed E-state index contributed by atoms with van der Waals surface area (Å²) in [4.78, 5) is 2.63. The fourth-order valence-electron chi connectivity index (χ4n) is 5.10. The lowest BCUT2D eigenvalue weighted by molar-refractivity contribution is 0.185. The molecule has 0 saturated carbocycles. The van der Waals surface area contributed by atoms with Gasteiger partial charge in [-0.1, -0.05) is 60.7 Å². The molecule has 1 aromatic heterocycles. The number of likely N-dealkylation sites (tertiary alicyclic amines) is 1. The minimum atomic E-state index is 0.339. The maximum atomic E-state index is 9.74. The van der Waals surface area contributed by atoms with Crippen molar-refractivity contribution in [1.82, 2.24) is 9.47 Å². The van der Waals surface area contributed by atoms with Gasteiger partial charge in [-0.2, -0.15) is 0 Å². The van der Waals surface area contributed by atoms with Gasteiger partial charge in [-0.15, -0.1) is 0 Å². The highest BCUT2D eigenvalue weighted by Crippen LogP contribution is 2.31. The third kappa shape index (κ3) is 4.38. The highest BCUT2D eigenvalue weighted by atomic mass is 16.3. The van der Waals surface area contributed by atoms with Crippen LogP contribution in [0.15, 0.2) is 91.1 Å². The number of phenols is 1. The van der Waals surface area contributed by atoms with Crippen molar-refractivity contribution in [1.29, 1.82) is 0 Å². The van der Waals surface area contributed by atoms with E-state index >= 15 is 0 Å². The van der Waals surface area contributed by atoms with E-state index in [1.165, 1.54) is 29.5 Å². The SMILES string of the molecule is Oc1ccc2c(ccn2C2CCN(CCC(c3ccccc3)c3ccccc3)CC2)c1. The molecule has 0 amide bonds. The fraction of sp³-hybridized carbons (Fsp3) is 0.286. The number of fused-ring (bicyclic) bond motifs is 1. The Labute approximate surface area is 184 Å². The number of hydrogen-bond acceptors (Lipinski definition) is 2. The van der Waals surface area contributed by atoms with Crippen LogP contribution in [0.25, 0.3) is 10.9 Å². The van der Waals surface area contributed by atoms with Gasteiger partial charge in [-0.25, -0.2) is 0 Å². The van der Waals surface area contributed by atoms with Crippen LogP contribution in [0.5, 0.6) is 5.75 Å². The largest absolute Gasteiger partial charge is 0.508 e. The molecule has 0 spiro atoms. The van der Waals surface area contributed by atoms with Crippen LogP contribution in [0, 0.1) is 0 Å². The zero-order valence-corrected chi connectivity index (χ0v) is 17.9. The Morgan fingerprint density at radius 2 is 1.45 bits per heavy atom. The molecule has 1 aliphatic heterocycles. The standard InChI is InChI=1S/C28H30N2O/c31-26-11-12-28-24(21-26)13-20-30(28)25-14-17-29(18-15-25)19-16-27(22-7-3-1-4-8-22)23-9-5-2-6-10-23/h1-13,20-21,25,27,31H,14-19H2. The van der Waals surface area contributed by atoms with Gasteiger partial charge in [0.2, 0.25) is 0 Å². The summed E-state index contributed by atoms with van der Waals surface area (Å²) >= 11 is 0. The van der Waals surface area contributed by atoms with Crippen molar-refractivity contribution in [3.8, 4) is 5.75 Å². The van der Waals surface area contributed by atoms with Crippen molar-refractivity contribution in [2.45, 2.75) is 31.2 Å². The summed E-state index contributed by atoms with van der Waals surface area (Å²) in [5.74, 6) is 0.785. The molecule has 0 aliphatic carbocycles. The molecule has 1 aliphatic rings. The second-order valence-corrected chi connectivity index (χ2v) is 8.70. The summed E-state index contributed by atoms with van der Waals surface area (Å²) in [5.41, 5.74) is 4.04. The summed E-state index contributed by atoms with van der Waals surface area (Å²) in [5, 5.41) is 10.9. The van der Waals surface area contributed by atoms with E-state index in [1.807, 2.05) is 12.1 Å². The molecular formula is C28H30N2O. The molecule has 1 fully saturated rings. The number of benzene rings is 3. The highest BCUT2D eigenvalue weighted by Gasteiger charge is 2.23. The first kappa shape index (κ1) is 19.9. The first-order chi connectivity index (χ1) is 15.3. The van der Waals surface area contributed by atoms with E-state index in [4.69, 9.17) is 0 Å². The molecule has 1 N–H and O–H groups in total. The molecule has 2 heterocycles. The van der Waals surface area contributed by atoms with Crippen LogP contribution in [-0.4, -0.2) is 34.2 Å². The third-order valence-corrected chi connectivity index (χ3v) is 6.79. The molecule has 31 heavy (non-hydrogen) atoms. The van der Waals surface area contributed by atoms with E-state index < -0.39 is 0 Å². The predicted octanol–water partition coefficient (Wildman–Crippen LogP) is 6.21. The number of nitrogens with zero attached hydrogens (tertiary/aromatic N) is 2. The zero-order chi connectivity index (χ0) is 21.0. The lowest BCUT2D eigenvalue weighted by atomic mass is 9.88. The van der Waals surface area contributed by atoms with Crippen LogP contribution in [0.1, 0.15) is 42.3 Å². The third-order valence-electron chi connectivity index (χ3n) is 6.79. The summed E-state index contributed by atoms with van der Waals surface area (Å²) in [6.45, 7) is 3.40. The van der Waals surface area contributed by atoms with Gasteiger partial charge in [0.1, 0.15) is 5.75 Å². The average molecular weight is 411 g/mol. The second kappa shape index (κ2) is 8.99. The first-order valence-corrected chi connectivity index (χ1v) is 11.4. The Balaban J connectivity index is 1.23. The number of aromatic hydroxyl groups is 1. The Bertz CT molecular complexity index is 1070. The van der Waals surface area contributed by atoms with Gasteiger partial charge < -0.3 is 14.6 Å². The quantitative estimate of drug-likeness (QED) is 0.409. The van der Waals surface area contributed by atoms with E-state index in [9.17, 15) is 5.11 Å². The summed E-state index contributed by atoms with van der Waals surface area (Å²) < 4.78 is 2.41. The van der Waals surface area contributed by atoms with Crippen molar-refractivity contribution in [3.05, 3.63) is 102 Å². The lowest BCUT2D eigenvalue weighted by Crippen LogP contribution is -2.35. The molecule has 1 saturated heterocycles. The van der Waals surface area contributed by atoms with Gasteiger partial charge in [0.15, 0.2) is 0 Å². The summed E-state index contributed by atoms with van der Waals surface area (Å²) in [6.07, 6.45) is 5.67. The highest BCUT2D eigenvalue weighted by molar-refractivity contribution is 5.81. The minimum Gasteiger partial charge on any atom is -0.508 e. The number of rotatable bonds is 6. The molecule has 0 radical (unpaired) electrons. The number of aromatic nitrogens is 1. The molecule has 5 rings (SSSR count). The van der Waals surface area contributed by atoms with Crippen LogP contribution in [-0.2, 0) is 0 Å². The van der Waals surface area contributed by atoms with E-state index in [0.717, 1.165) is 31.4 Å². The van der Waals surface area contributed by atoms with Crippen LogP contribution in [0.3, 0.4) is 0 Å². The Kier molecular flexibility index (Phi) is 5.77. The van der Waals surface area contributed by atoms with Crippen molar-refractivity contribution < 1.29 is 5.11 Å². The summed E-state index contributed by atoms with van der Waals surface area (Å²) in [6, 6.07) is 30.2. The van der Waals surface area contributed by atoms with E-state index in [0.29, 0.717) is 17.7 Å². The Hall–Kier alpha value is -3.04. The minimum absolute atomic E-state index is 0.339. The molecule has 3 nitrogen and oxygen atoms in total. The van der Waals surface area contributed by atoms with Crippen molar-refractivity contribution in [2.24, 2.45) is 0 Å². The first-order valence-electron chi connectivity index (χ1n) is 11.4. The molecule has 3 aromatic carbocycles. The molecule has 0 unspecified atom stereocenters. The van der Waals surface area contributed by atoms with Gasteiger partial charge in [0, 0.05) is 42.1 Å². The van der Waals surface area contributed by atoms with Crippen molar-refractivity contribution >= 4 is 10.9 Å². The zero-order valence-electron chi connectivity index (χ0n) is 17.9. The smallest absolute Gasteiger partial charge is 0.116 e. The molecule has 3 heteroatoms. The number of hydrogen-bond donors (Lipinski definition) is 1. The molecule has 0 atom stereocenters. The topological polar surface area (TPSA) is 28.4 Å². The fourth-order valence-corrected chi connectivity index (χ4v) is 5.10. The van der Waals surface area contributed by atoms with Gasteiger partial charge in [0.05, 0.1) is 0 Å². The predicted molar refractivity (Wildman–Crippen MR) is 128 cm³/mol. The molecule has 4 aromatic rings. The van der Waals surface area contributed by atoms with E-state index in [1.54, 1.807) is 6.07 Å². The Morgan fingerprint density at radius 3 is 2.10 bits per heavy atom. The second-order valence-electron chi connectivity index (χ2n) is 8.70. The maximum Gasteiger partial charge on any atom is 0.116 e. The van der Waals surface area contributed by atoms with Crippen LogP contribution in [0.2, 0.25) is 0 Å². The van der Waals surface area contributed by atoms with E-state index in [2.05, 4.69) is 82.4 Å². The molecule has 158 valence electrons.